The number of amides is 1. The zero-order valence-corrected chi connectivity index (χ0v) is 10.6. The van der Waals surface area contributed by atoms with E-state index in [2.05, 4.69) is 4.98 Å². The molecule has 6 heteroatoms. The van der Waals surface area contributed by atoms with Crippen LogP contribution in [0.2, 0.25) is 0 Å². The van der Waals surface area contributed by atoms with E-state index in [-0.39, 0.29) is 5.56 Å². The number of aliphatic carboxylic acids is 1. The molecule has 1 amide bonds. The Balaban J connectivity index is 2.38. The fourth-order valence-corrected chi connectivity index (χ4v) is 2.61. The highest BCUT2D eigenvalue weighted by molar-refractivity contribution is 5.98. The van der Waals surface area contributed by atoms with Crippen molar-refractivity contribution in [3.63, 3.8) is 0 Å². The van der Waals surface area contributed by atoms with E-state index in [0.717, 1.165) is 0 Å². The van der Waals surface area contributed by atoms with Gasteiger partial charge in [-0.2, -0.15) is 4.39 Å². The molecule has 1 N–H and O–H groups in total. The number of hydrogen-bond acceptors (Lipinski definition) is 3. The number of likely N-dealkylation sites (tertiary alicyclic amines) is 1. The lowest BCUT2D eigenvalue weighted by molar-refractivity contribution is -0.148. The van der Waals surface area contributed by atoms with Crippen molar-refractivity contribution >= 4 is 11.9 Å². The summed E-state index contributed by atoms with van der Waals surface area (Å²) in [5.74, 6) is -2.51. The standard InChI is InChI=1S/C13H15FN2O3/c1-2-13(12(18)19)6-4-8-16(13)11(17)9-5-3-7-15-10(9)14/h3,5,7H,2,4,6,8H2,1H3,(H,18,19). The summed E-state index contributed by atoms with van der Waals surface area (Å²) in [6.07, 6.45) is 2.55. The maximum atomic E-state index is 13.5. The van der Waals surface area contributed by atoms with Crippen LogP contribution in [0, 0.1) is 5.95 Å². The van der Waals surface area contributed by atoms with Crippen molar-refractivity contribution in [3.05, 3.63) is 29.8 Å². The van der Waals surface area contributed by atoms with Crippen molar-refractivity contribution in [3.8, 4) is 0 Å². The molecule has 102 valence electrons. The maximum absolute atomic E-state index is 13.5. The van der Waals surface area contributed by atoms with Crippen LogP contribution in [0.1, 0.15) is 36.5 Å². The smallest absolute Gasteiger partial charge is 0.329 e. The topological polar surface area (TPSA) is 70.5 Å². The summed E-state index contributed by atoms with van der Waals surface area (Å²) in [5.41, 5.74) is -1.40. The van der Waals surface area contributed by atoms with Gasteiger partial charge in [0.2, 0.25) is 5.95 Å². The Hall–Kier alpha value is -1.98. The van der Waals surface area contributed by atoms with Crippen LogP contribution in [0.15, 0.2) is 18.3 Å². The molecule has 0 aliphatic carbocycles. The number of rotatable bonds is 3. The van der Waals surface area contributed by atoms with E-state index < -0.39 is 23.4 Å². The SMILES string of the molecule is CCC1(C(=O)O)CCCN1C(=O)c1cccnc1F. The Kier molecular flexibility index (Phi) is 3.50. The minimum atomic E-state index is -1.22. The summed E-state index contributed by atoms with van der Waals surface area (Å²) in [6, 6.07) is 2.78. The Morgan fingerprint density at radius 2 is 2.32 bits per heavy atom. The number of carboxylic acids is 1. The van der Waals surface area contributed by atoms with Crippen molar-refractivity contribution < 1.29 is 19.1 Å². The van der Waals surface area contributed by atoms with Gasteiger partial charge < -0.3 is 10.0 Å². The lowest BCUT2D eigenvalue weighted by Gasteiger charge is -2.33. The largest absolute Gasteiger partial charge is 0.479 e. The predicted molar refractivity (Wildman–Crippen MR) is 65.1 cm³/mol. The van der Waals surface area contributed by atoms with Crippen molar-refractivity contribution in [2.24, 2.45) is 0 Å². The molecular formula is C13H15FN2O3. The second-order valence-electron chi connectivity index (χ2n) is 4.59. The lowest BCUT2D eigenvalue weighted by Crippen LogP contribution is -2.52. The van der Waals surface area contributed by atoms with Crippen molar-refractivity contribution in [2.75, 3.05) is 6.54 Å². The normalized spacial score (nSPS) is 22.5. The molecule has 0 aromatic carbocycles. The minimum absolute atomic E-state index is 0.177. The van der Waals surface area contributed by atoms with Gasteiger partial charge in [-0.25, -0.2) is 9.78 Å². The minimum Gasteiger partial charge on any atom is -0.479 e. The fraction of sp³-hybridized carbons (Fsp3) is 0.462. The highest BCUT2D eigenvalue weighted by Crippen LogP contribution is 2.34. The summed E-state index contributed by atoms with van der Waals surface area (Å²) >= 11 is 0. The van der Waals surface area contributed by atoms with E-state index >= 15 is 0 Å². The number of pyridine rings is 1. The van der Waals surface area contributed by atoms with Crippen LogP contribution in [0.25, 0.3) is 0 Å². The molecule has 1 aromatic heterocycles. The maximum Gasteiger partial charge on any atom is 0.329 e. The van der Waals surface area contributed by atoms with Gasteiger partial charge in [0, 0.05) is 12.7 Å². The highest BCUT2D eigenvalue weighted by atomic mass is 19.1. The molecule has 1 aliphatic heterocycles. The van der Waals surface area contributed by atoms with Crippen LogP contribution in [-0.4, -0.2) is 39.0 Å². The third-order valence-electron chi connectivity index (χ3n) is 3.71. The third kappa shape index (κ3) is 2.07. The van der Waals surface area contributed by atoms with Crippen LogP contribution < -0.4 is 0 Å². The van der Waals surface area contributed by atoms with E-state index in [1.54, 1.807) is 6.92 Å². The Bertz CT molecular complexity index is 520. The fourth-order valence-electron chi connectivity index (χ4n) is 2.61. The summed E-state index contributed by atoms with van der Waals surface area (Å²) < 4.78 is 13.5. The van der Waals surface area contributed by atoms with Crippen molar-refractivity contribution in [1.29, 1.82) is 0 Å². The Morgan fingerprint density at radius 3 is 2.89 bits per heavy atom. The monoisotopic (exact) mass is 266 g/mol. The molecular weight excluding hydrogens is 251 g/mol. The van der Waals surface area contributed by atoms with Crippen LogP contribution in [0.4, 0.5) is 4.39 Å². The van der Waals surface area contributed by atoms with E-state index in [4.69, 9.17) is 0 Å². The number of halogens is 1. The molecule has 1 fully saturated rings. The molecule has 1 aromatic rings. The average molecular weight is 266 g/mol. The number of carbonyl (C=O) groups excluding carboxylic acids is 1. The first-order chi connectivity index (χ1) is 9.03. The number of aromatic nitrogens is 1. The molecule has 1 aliphatic rings. The molecule has 0 bridgehead atoms. The summed E-state index contributed by atoms with van der Waals surface area (Å²) in [7, 11) is 0. The second kappa shape index (κ2) is 4.95. The van der Waals surface area contributed by atoms with Gasteiger partial charge in [0.25, 0.3) is 5.91 Å². The quantitative estimate of drug-likeness (QED) is 0.845. The van der Waals surface area contributed by atoms with Gasteiger partial charge >= 0.3 is 5.97 Å². The van der Waals surface area contributed by atoms with E-state index in [9.17, 15) is 19.1 Å². The first kappa shape index (κ1) is 13.5. The summed E-state index contributed by atoms with van der Waals surface area (Å²) in [4.78, 5) is 28.5. The Morgan fingerprint density at radius 1 is 1.58 bits per heavy atom. The molecule has 0 saturated carbocycles. The lowest BCUT2D eigenvalue weighted by atomic mass is 9.92. The van der Waals surface area contributed by atoms with Crippen LogP contribution in [0.3, 0.4) is 0 Å². The number of carbonyl (C=O) groups is 2. The van der Waals surface area contributed by atoms with Gasteiger partial charge in [0.1, 0.15) is 5.54 Å². The van der Waals surface area contributed by atoms with Crippen LogP contribution in [-0.2, 0) is 4.79 Å². The summed E-state index contributed by atoms with van der Waals surface area (Å²) in [6.45, 7) is 2.05. The molecule has 5 nitrogen and oxygen atoms in total. The van der Waals surface area contributed by atoms with E-state index in [0.29, 0.717) is 25.8 Å². The number of nitrogens with zero attached hydrogens (tertiary/aromatic N) is 2. The summed E-state index contributed by atoms with van der Waals surface area (Å²) in [5, 5.41) is 9.40. The highest BCUT2D eigenvalue weighted by Gasteiger charge is 2.49. The number of carboxylic acid groups (broad SMARTS) is 1. The third-order valence-corrected chi connectivity index (χ3v) is 3.71. The zero-order chi connectivity index (χ0) is 14.0. The van der Waals surface area contributed by atoms with E-state index in [1.165, 1.54) is 23.2 Å². The molecule has 19 heavy (non-hydrogen) atoms. The van der Waals surface area contributed by atoms with Gasteiger partial charge in [0.15, 0.2) is 0 Å². The van der Waals surface area contributed by atoms with Crippen LogP contribution in [0.5, 0.6) is 0 Å². The molecule has 0 spiro atoms. The van der Waals surface area contributed by atoms with Crippen molar-refractivity contribution in [2.45, 2.75) is 31.7 Å². The second-order valence-corrected chi connectivity index (χ2v) is 4.59. The average Bonchev–Trinajstić information content (AvgIpc) is 2.83. The van der Waals surface area contributed by atoms with Crippen LogP contribution >= 0.6 is 0 Å². The Labute approximate surface area is 110 Å². The molecule has 1 saturated heterocycles. The molecule has 0 radical (unpaired) electrons. The van der Waals surface area contributed by atoms with Gasteiger partial charge in [-0.1, -0.05) is 6.92 Å². The first-order valence-electron chi connectivity index (χ1n) is 6.19. The number of hydrogen-bond donors (Lipinski definition) is 1. The predicted octanol–water partition coefficient (Wildman–Crippen LogP) is 1.69. The van der Waals surface area contributed by atoms with Gasteiger partial charge in [-0.15, -0.1) is 0 Å². The molecule has 2 rings (SSSR count). The van der Waals surface area contributed by atoms with Gasteiger partial charge in [-0.05, 0) is 31.4 Å². The van der Waals surface area contributed by atoms with E-state index in [1.807, 2.05) is 0 Å². The molecule has 2 heterocycles. The zero-order valence-electron chi connectivity index (χ0n) is 10.6. The van der Waals surface area contributed by atoms with Gasteiger partial charge in [-0.3, -0.25) is 4.79 Å². The first-order valence-corrected chi connectivity index (χ1v) is 6.19. The van der Waals surface area contributed by atoms with Crippen molar-refractivity contribution in [1.82, 2.24) is 9.88 Å². The van der Waals surface area contributed by atoms with Gasteiger partial charge in [0.05, 0.1) is 5.56 Å². The molecule has 1 unspecified atom stereocenters. The molecule has 1 atom stereocenters.